The molecule has 0 spiro atoms. The summed E-state index contributed by atoms with van der Waals surface area (Å²) in [6.07, 6.45) is -1.29. The van der Waals surface area contributed by atoms with Crippen molar-refractivity contribution in [3.63, 3.8) is 0 Å². The van der Waals surface area contributed by atoms with E-state index in [0.29, 0.717) is 13.2 Å². The normalized spacial score (nSPS) is 25.5. The SMILES string of the molecule is CC1(C)O[C@H]2O[C@](C)(CO[Si](c3ccccc3)(c3ccccc3)C(C)(C)C)[C@@H](OCc3ccc4ccccc4c3)[C@H]2O1. The van der Waals surface area contributed by atoms with Crippen molar-refractivity contribution in [2.24, 2.45) is 0 Å². The summed E-state index contributed by atoms with van der Waals surface area (Å²) in [6.45, 7) is 13.5. The highest BCUT2D eigenvalue weighted by Gasteiger charge is 2.62. The molecule has 4 aromatic carbocycles. The molecular formula is C36H42O5Si. The van der Waals surface area contributed by atoms with Crippen LogP contribution in [0.2, 0.25) is 5.04 Å². The van der Waals surface area contributed by atoms with Gasteiger partial charge in [-0.3, -0.25) is 0 Å². The van der Waals surface area contributed by atoms with Crippen molar-refractivity contribution < 1.29 is 23.4 Å². The van der Waals surface area contributed by atoms with Crippen LogP contribution in [0.3, 0.4) is 0 Å². The van der Waals surface area contributed by atoms with Crippen molar-refractivity contribution >= 4 is 29.5 Å². The first-order valence-corrected chi connectivity index (χ1v) is 16.8. The Bertz CT molecular complexity index is 1480. The second-order valence-corrected chi connectivity index (χ2v) is 17.6. The van der Waals surface area contributed by atoms with Crippen LogP contribution in [0, 0.1) is 0 Å². The van der Waals surface area contributed by atoms with Gasteiger partial charge in [0, 0.05) is 0 Å². The van der Waals surface area contributed by atoms with Gasteiger partial charge in [-0.15, -0.1) is 0 Å². The quantitative estimate of drug-likeness (QED) is 0.220. The molecule has 0 unspecified atom stereocenters. The van der Waals surface area contributed by atoms with E-state index in [1.807, 2.05) is 13.8 Å². The van der Waals surface area contributed by atoms with Crippen LogP contribution in [0.5, 0.6) is 0 Å². The van der Waals surface area contributed by atoms with Crippen LogP contribution in [0.25, 0.3) is 10.8 Å². The number of hydrogen-bond acceptors (Lipinski definition) is 5. The highest BCUT2D eigenvalue weighted by atomic mass is 28.4. The largest absolute Gasteiger partial charge is 0.404 e. The van der Waals surface area contributed by atoms with Crippen molar-refractivity contribution in [1.82, 2.24) is 0 Å². The summed E-state index contributed by atoms with van der Waals surface area (Å²) in [5.41, 5.74) is 0.306. The second-order valence-electron chi connectivity index (χ2n) is 13.3. The van der Waals surface area contributed by atoms with Gasteiger partial charge in [0.25, 0.3) is 8.32 Å². The van der Waals surface area contributed by atoms with E-state index in [1.165, 1.54) is 21.1 Å². The lowest BCUT2D eigenvalue weighted by atomic mass is 9.98. The van der Waals surface area contributed by atoms with Crippen LogP contribution in [0.15, 0.2) is 103 Å². The summed E-state index contributed by atoms with van der Waals surface area (Å²) in [4.78, 5) is 0. The van der Waals surface area contributed by atoms with Crippen molar-refractivity contribution in [2.45, 2.75) is 83.1 Å². The molecule has 0 N–H and O–H groups in total. The van der Waals surface area contributed by atoms with Gasteiger partial charge in [0.15, 0.2) is 12.1 Å². The van der Waals surface area contributed by atoms with Crippen LogP contribution < -0.4 is 10.4 Å². The standard InChI is InChI=1S/C36H42O5Si/c1-34(2,3)42(29-17-9-7-10-18-29,30-19-11-8-12-20-30)38-25-36(6)32(31-33(41-36)40-35(4,5)39-31)37-24-26-21-22-27-15-13-14-16-28(27)23-26/h7-23,31-33H,24-25H2,1-6H3/t31-,32+,33+,36-/m1/s1. The Labute approximate surface area is 250 Å². The average molecular weight is 583 g/mol. The van der Waals surface area contributed by atoms with E-state index in [-0.39, 0.29) is 11.1 Å². The van der Waals surface area contributed by atoms with Gasteiger partial charge < -0.3 is 23.4 Å². The van der Waals surface area contributed by atoms with Crippen LogP contribution in [-0.4, -0.2) is 44.8 Å². The van der Waals surface area contributed by atoms with Gasteiger partial charge in [-0.2, -0.15) is 0 Å². The molecule has 2 aliphatic rings. The van der Waals surface area contributed by atoms with Gasteiger partial charge in [0.1, 0.15) is 17.8 Å². The highest BCUT2D eigenvalue weighted by molar-refractivity contribution is 6.99. The summed E-state index contributed by atoms with van der Waals surface area (Å²) in [7, 11) is -2.79. The topological polar surface area (TPSA) is 46.2 Å². The highest BCUT2D eigenvalue weighted by Crippen LogP contribution is 2.45. The molecule has 0 amide bonds. The molecule has 4 atom stereocenters. The molecule has 42 heavy (non-hydrogen) atoms. The van der Waals surface area contributed by atoms with Crippen LogP contribution in [0.1, 0.15) is 47.1 Å². The van der Waals surface area contributed by atoms with E-state index in [0.717, 1.165) is 5.56 Å². The fraction of sp³-hybridized carbons (Fsp3) is 0.389. The first kappa shape index (κ1) is 29.2. The van der Waals surface area contributed by atoms with Crippen LogP contribution >= 0.6 is 0 Å². The number of fused-ring (bicyclic) bond motifs is 2. The molecule has 2 aliphatic heterocycles. The monoisotopic (exact) mass is 582 g/mol. The molecule has 4 aromatic rings. The molecule has 2 fully saturated rings. The van der Waals surface area contributed by atoms with E-state index in [1.54, 1.807) is 0 Å². The molecule has 5 nitrogen and oxygen atoms in total. The molecule has 0 saturated carbocycles. The third kappa shape index (κ3) is 5.36. The molecular weight excluding hydrogens is 540 g/mol. The zero-order valence-electron chi connectivity index (χ0n) is 25.5. The number of benzene rings is 4. The van der Waals surface area contributed by atoms with Crippen LogP contribution in [0.4, 0.5) is 0 Å². The molecule has 2 heterocycles. The second kappa shape index (κ2) is 11.0. The van der Waals surface area contributed by atoms with Gasteiger partial charge in [0.05, 0.1) is 13.2 Å². The van der Waals surface area contributed by atoms with Gasteiger partial charge in [0.2, 0.25) is 0 Å². The maximum Gasteiger partial charge on any atom is 0.261 e. The van der Waals surface area contributed by atoms with Crippen molar-refractivity contribution in [2.75, 3.05) is 6.61 Å². The summed E-state index contributed by atoms with van der Waals surface area (Å²) in [5, 5.41) is 4.71. The minimum Gasteiger partial charge on any atom is -0.404 e. The van der Waals surface area contributed by atoms with E-state index in [4.69, 9.17) is 23.4 Å². The number of hydrogen-bond donors (Lipinski definition) is 0. The Balaban J connectivity index is 1.33. The fourth-order valence-corrected chi connectivity index (χ4v) is 11.3. The predicted molar refractivity (Wildman–Crippen MR) is 169 cm³/mol. The summed E-state index contributed by atoms with van der Waals surface area (Å²) in [6, 6.07) is 36.2. The molecule has 0 radical (unpaired) electrons. The molecule has 2 saturated heterocycles. The zero-order chi connectivity index (χ0) is 29.6. The van der Waals surface area contributed by atoms with Gasteiger partial charge in [-0.25, -0.2) is 0 Å². The lowest BCUT2D eigenvalue weighted by Gasteiger charge is -2.45. The lowest BCUT2D eigenvalue weighted by Crippen LogP contribution is -2.68. The zero-order valence-corrected chi connectivity index (χ0v) is 26.5. The van der Waals surface area contributed by atoms with E-state index < -0.39 is 32.1 Å². The predicted octanol–water partition coefficient (Wildman–Crippen LogP) is 6.57. The van der Waals surface area contributed by atoms with Gasteiger partial charge >= 0.3 is 0 Å². The Hall–Kier alpha value is -2.84. The minimum atomic E-state index is -2.79. The Morgan fingerprint density at radius 1 is 0.714 bits per heavy atom. The Kier molecular flexibility index (Phi) is 7.67. The van der Waals surface area contributed by atoms with Gasteiger partial charge in [-0.1, -0.05) is 118 Å². The average Bonchev–Trinajstić information content (AvgIpc) is 3.39. The van der Waals surface area contributed by atoms with Crippen molar-refractivity contribution in [1.29, 1.82) is 0 Å². The first-order valence-electron chi connectivity index (χ1n) is 14.9. The summed E-state index contributed by atoms with van der Waals surface area (Å²) >= 11 is 0. The minimum absolute atomic E-state index is 0.156. The maximum atomic E-state index is 7.33. The Morgan fingerprint density at radius 2 is 1.31 bits per heavy atom. The smallest absolute Gasteiger partial charge is 0.261 e. The van der Waals surface area contributed by atoms with Crippen molar-refractivity contribution in [3.05, 3.63) is 109 Å². The molecule has 6 heteroatoms. The van der Waals surface area contributed by atoms with E-state index in [9.17, 15) is 0 Å². The number of ether oxygens (including phenoxy) is 4. The maximum absolute atomic E-state index is 7.33. The van der Waals surface area contributed by atoms with Crippen molar-refractivity contribution in [3.8, 4) is 0 Å². The first-order chi connectivity index (χ1) is 20.0. The van der Waals surface area contributed by atoms with Crippen LogP contribution in [-0.2, 0) is 30.0 Å². The third-order valence-electron chi connectivity index (χ3n) is 8.61. The van der Waals surface area contributed by atoms with E-state index in [2.05, 4.69) is 131 Å². The molecule has 6 rings (SSSR count). The third-order valence-corrected chi connectivity index (χ3v) is 13.6. The van der Waals surface area contributed by atoms with E-state index >= 15 is 0 Å². The summed E-state index contributed by atoms with van der Waals surface area (Å²) < 4.78 is 33.3. The van der Waals surface area contributed by atoms with Gasteiger partial charge in [-0.05, 0) is 58.6 Å². The molecule has 0 aliphatic carbocycles. The Morgan fingerprint density at radius 3 is 1.93 bits per heavy atom. The number of rotatable bonds is 8. The molecule has 220 valence electrons. The fourth-order valence-electron chi connectivity index (χ4n) is 6.65. The lowest BCUT2D eigenvalue weighted by molar-refractivity contribution is -0.246. The molecule has 0 aromatic heterocycles. The summed E-state index contributed by atoms with van der Waals surface area (Å²) in [5.74, 6) is -0.750. The molecule has 0 bridgehead atoms.